The molecule has 0 aliphatic rings. The van der Waals surface area contributed by atoms with Crippen LogP contribution < -0.4 is 15.4 Å². The van der Waals surface area contributed by atoms with Crippen LogP contribution in [-0.2, 0) is 0 Å². The number of halogens is 1. The molecule has 5 heteroatoms. The van der Waals surface area contributed by atoms with Gasteiger partial charge in [0.15, 0.2) is 0 Å². The van der Waals surface area contributed by atoms with E-state index in [2.05, 4.69) is 10.6 Å². The number of aryl methyl sites for hydroxylation is 2. The zero-order valence-electron chi connectivity index (χ0n) is 12.7. The maximum atomic E-state index is 11.8. The van der Waals surface area contributed by atoms with Crippen LogP contribution >= 0.6 is 11.6 Å². The summed E-state index contributed by atoms with van der Waals surface area (Å²) in [7, 11) is 0. The maximum absolute atomic E-state index is 11.8. The van der Waals surface area contributed by atoms with Gasteiger partial charge < -0.3 is 15.4 Å². The summed E-state index contributed by atoms with van der Waals surface area (Å²) in [5.41, 5.74) is 2.95. The highest BCUT2D eigenvalue weighted by Gasteiger charge is 2.04. The van der Waals surface area contributed by atoms with E-state index in [0.717, 1.165) is 22.6 Å². The van der Waals surface area contributed by atoms with Crippen molar-refractivity contribution in [3.05, 3.63) is 58.6 Å². The van der Waals surface area contributed by atoms with Crippen LogP contribution in [0.1, 0.15) is 11.1 Å². The summed E-state index contributed by atoms with van der Waals surface area (Å²) in [6.07, 6.45) is 0. The van der Waals surface area contributed by atoms with Crippen molar-refractivity contribution in [3.63, 3.8) is 0 Å². The van der Waals surface area contributed by atoms with E-state index in [-0.39, 0.29) is 6.03 Å². The number of anilines is 1. The standard InChI is InChI=1S/C17H19ClN2O2/c1-12-3-4-13(2)16(11-12)20-17(21)19-9-10-22-15-7-5-14(18)6-8-15/h3-8,11H,9-10H2,1-2H3,(H2,19,20,21). The van der Waals surface area contributed by atoms with Gasteiger partial charge in [-0.05, 0) is 55.3 Å². The molecule has 0 unspecified atom stereocenters. The minimum Gasteiger partial charge on any atom is -0.492 e. The number of amides is 2. The molecule has 0 bridgehead atoms. The summed E-state index contributed by atoms with van der Waals surface area (Å²) in [6.45, 7) is 4.75. The SMILES string of the molecule is Cc1ccc(C)c(NC(=O)NCCOc2ccc(Cl)cc2)c1. The molecule has 2 N–H and O–H groups in total. The fraction of sp³-hybridized carbons (Fsp3) is 0.235. The van der Waals surface area contributed by atoms with E-state index in [4.69, 9.17) is 16.3 Å². The summed E-state index contributed by atoms with van der Waals surface area (Å²) in [5, 5.41) is 6.26. The van der Waals surface area contributed by atoms with Gasteiger partial charge in [0.1, 0.15) is 12.4 Å². The highest BCUT2D eigenvalue weighted by atomic mass is 35.5. The molecule has 2 aromatic carbocycles. The van der Waals surface area contributed by atoms with Gasteiger partial charge in [0, 0.05) is 10.7 Å². The molecule has 116 valence electrons. The Bertz CT molecular complexity index is 642. The lowest BCUT2D eigenvalue weighted by Gasteiger charge is -2.11. The number of benzene rings is 2. The summed E-state index contributed by atoms with van der Waals surface area (Å²) < 4.78 is 5.50. The van der Waals surface area contributed by atoms with E-state index in [9.17, 15) is 4.79 Å². The normalized spacial score (nSPS) is 10.1. The summed E-state index contributed by atoms with van der Waals surface area (Å²) >= 11 is 5.79. The first-order chi connectivity index (χ1) is 10.5. The quantitative estimate of drug-likeness (QED) is 0.813. The monoisotopic (exact) mass is 318 g/mol. The van der Waals surface area contributed by atoms with Gasteiger partial charge in [-0.15, -0.1) is 0 Å². The lowest BCUT2D eigenvalue weighted by Crippen LogP contribution is -2.32. The van der Waals surface area contributed by atoms with Crippen molar-refractivity contribution in [1.29, 1.82) is 0 Å². The molecule has 0 aliphatic carbocycles. The maximum Gasteiger partial charge on any atom is 0.319 e. The van der Waals surface area contributed by atoms with E-state index >= 15 is 0 Å². The highest BCUT2D eigenvalue weighted by Crippen LogP contribution is 2.16. The Morgan fingerprint density at radius 2 is 1.86 bits per heavy atom. The Labute approximate surface area is 135 Å². The van der Waals surface area contributed by atoms with Crippen LogP contribution in [0.15, 0.2) is 42.5 Å². The number of carbonyl (C=O) groups excluding carboxylic acids is 1. The molecule has 4 nitrogen and oxygen atoms in total. The Morgan fingerprint density at radius 3 is 2.59 bits per heavy atom. The molecule has 0 atom stereocenters. The van der Waals surface area contributed by atoms with E-state index in [1.165, 1.54) is 0 Å². The van der Waals surface area contributed by atoms with Gasteiger partial charge in [-0.1, -0.05) is 23.7 Å². The van der Waals surface area contributed by atoms with Crippen molar-refractivity contribution >= 4 is 23.3 Å². The molecule has 22 heavy (non-hydrogen) atoms. The molecule has 0 saturated carbocycles. The molecule has 0 spiro atoms. The molecule has 0 saturated heterocycles. The zero-order chi connectivity index (χ0) is 15.9. The Hall–Kier alpha value is -2.20. The molecular formula is C17H19ClN2O2. The molecule has 2 aromatic rings. The van der Waals surface area contributed by atoms with Gasteiger partial charge in [0.05, 0.1) is 6.54 Å². The topological polar surface area (TPSA) is 50.4 Å². The molecule has 0 aliphatic heterocycles. The molecule has 2 rings (SSSR count). The number of hydrogen-bond acceptors (Lipinski definition) is 2. The molecule has 0 fully saturated rings. The number of ether oxygens (including phenoxy) is 1. The van der Waals surface area contributed by atoms with Crippen molar-refractivity contribution in [2.75, 3.05) is 18.5 Å². The number of carbonyl (C=O) groups is 1. The Kier molecular flexibility index (Phi) is 5.67. The van der Waals surface area contributed by atoms with Crippen LogP contribution in [0.3, 0.4) is 0 Å². The van der Waals surface area contributed by atoms with Gasteiger partial charge in [0.25, 0.3) is 0 Å². The van der Waals surface area contributed by atoms with Crippen LogP contribution in [-0.4, -0.2) is 19.2 Å². The first-order valence-electron chi connectivity index (χ1n) is 7.05. The molecule has 0 heterocycles. The number of rotatable bonds is 5. The summed E-state index contributed by atoms with van der Waals surface area (Å²) in [4.78, 5) is 11.8. The van der Waals surface area contributed by atoms with Crippen LogP contribution in [0.4, 0.5) is 10.5 Å². The van der Waals surface area contributed by atoms with Crippen molar-refractivity contribution in [1.82, 2.24) is 5.32 Å². The van der Waals surface area contributed by atoms with Crippen LogP contribution in [0.2, 0.25) is 5.02 Å². The largest absolute Gasteiger partial charge is 0.492 e. The number of hydrogen-bond donors (Lipinski definition) is 2. The second-order valence-electron chi connectivity index (χ2n) is 5.00. The second-order valence-corrected chi connectivity index (χ2v) is 5.44. The lowest BCUT2D eigenvalue weighted by atomic mass is 10.1. The van der Waals surface area contributed by atoms with Crippen molar-refractivity contribution < 1.29 is 9.53 Å². The second kappa shape index (κ2) is 7.71. The Morgan fingerprint density at radius 1 is 1.14 bits per heavy atom. The lowest BCUT2D eigenvalue weighted by molar-refractivity contribution is 0.247. The van der Waals surface area contributed by atoms with Gasteiger partial charge in [-0.2, -0.15) is 0 Å². The van der Waals surface area contributed by atoms with E-state index < -0.39 is 0 Å². The minimum atomic E-state index is -0.242. The van der Waals surface area contributed by atoms with Crippen molar-refractivity contribution in [2.45, 2.75) is 13.8 Å². The first-order valence-corrected chi connectivity index (χ1v) is 7.43. The third-order valence-electron chi connectivity index (χ3n) is 3.11. The predicted octanol–water partition coefficient (Wildman–Crippen LogP) is 4.16. The fourth-order valence-corrected chi connectivity index (χ4v) is 2.03. The zero-order valence-corrected chi connectivity index (χ0v) is 13.4. The molecule has 2 amide bonds. The number of nitrogens with one attached hydrogen (secondary N) is 2. The molecule has 0 radical (unpaired) electrons. The summed E-state index contributed by atoms with van der Waals surface area (Å²) in [6, 6.07) is 12.8. The highest BCUT2D eigenvalue weighted by molar-refractivity contribution is 6.30. The van der Waals surface area contributed by atoms with E-state index in [0.29, 0.717) is 18.2 Å². The predicted molar refractivity (Wildman–Crippen MR) is 89.9 cm³/mol. The van der Waals surface area contributed by atoms with Crippen molar-refractivity contribution in [2.24, 2.45) is 0 Å². The third-order valence-corrected chi connectivity index (χ3v) is 3.36. The Balaban J connectivity index is 1.74. The molecule has 0 aromatic heterocycles. The van der Waals surface area contributed by atoms with Gasteiger partial charge in [-0.25, -0.2) is 4.79 Å². The van der Waals surface area contributed by atoms with E-state index in [1.807, 2.05) is 32.0 Å². The van der Waals surface area contributed by atoms with Crippen LogP contribution in [0.25, 0.3) is 0 Å². The average molecular weight is 319 g/mol. The molecular weight excluding hydrogens is 300 g/mol. The van der Waals surface area contributed by atoms with Crippen molar-refractivity contribution in [3.8, 4) is 5.75 Å². The van der Waals surface area contributed by atoms with Crippen LogP contribution in [0, 0.1) is 13.8 Å². The average Bonchev–Trinajstić information content (AvgIpc) is 2.49. The van der Waals surface area contributed by atoms with Gasteiger partial charge >= 0.3 is 6.03 Å². The first kappa shape index (κ1) is 16.2. The fourth-order valence-electron chi connectivity index (χ4n) is 1.90. The third kappa shape index (κ3) is 4.97. The summed E-state index contributed by atoms with van der Waals surface area (Å²) in [5.74, 6) is 0.723. The smallest absolute Gasteiger partial charge is 0.319 e. The van der Waals surface area contributed by atoms with Crippen LogP contribution in [0.5, 0.6) is 5.75 Å². The number of urea groups is 1. The van der Waals surface area contributed by atoms with E-state index in [1.54, 1.807) is 24.3 Å². The van der Waals surface area contributed by atoms with Gasteiger partial charge in [0.2, 0.25) is 0 Å². The minimum absolute atomic E-state index is 0.242. The van der Waals surface area contributed by atoms with Gasteiger partial charge in [-0.3, -0.25) is 0 Å².